The molecule has 2 amide bonds. The summed E-state index contributed by atoms with van der Waals surface area (Å²) in [4.78, 5) is 21.7. The van der Waals surface area contributed by atoms with Crippen LogP contribution in [0.2, 0.25) is 0 Å². The van der Waals surface area contributed by atoms with Crippen molar-refractivity contribution in [1.29, 1.82) is 0 Å². The summed E-state index contributed by atoms with van der Waals surface area (Å²) in [5, 5.41) is 8.72. The number of anilines is 1. The number of amides is 2. The Morgan fingerprint density at radius 3 is 2.78 bits per heavy atom. The monoisotopic (exact) mass is 464 g/mol. The summed E-state index contributed by atoms with van der Waals surface area (Å²) in [5.74, 6) is 0.205. The number of aliphatic imine (C=N–C) groups is 1. The average molecular weight is 465 g/mol. The van der Waals surface area contributed by atoms with E-state index in [2.05, 4.69) is 28.5 Å². The lowest BCUT2D eigenvalue weighted by Gasteiger charge is -2.23. The topological polar surface area (TPSA) is 154 Å². The van der Waals surface area contributed by atoms with Crippen LogP contribution in [0, 0.1) is 6.92 Å². The average Bonchev–Trinajstić information content (AvgIpc) is 3.19. The van der Waals surface area contributed by atoms with Gasteiger partial charge in [0.2, 0.25) is 5.90 Å². The highest BCUT2D eigenvalue weighted by Crippen LogP contribution is 2.34. The first-order valence-corrected chi connectivity index (χ1v) is 12.3. The fourth-order valence-electron chi connectivity index (χ4n) is 3.97. The number of nitrogens with one attached hydrogen (secondary N) is 1. The number of urea groups is 1. The van der Waals surface area contributed by atoms with E-state index in [0.29, 0.717) is 18.8 Å². The zero-order valence-corrected chi connectivity index (χ0v) is 19.8. The van der Waals surface area contributed by atoms with Gasteiger partial charge >= 0.3 is 6.03 Å². The first kappa shape index (κ1) is 24.1. The number of carbonyl (C=O) groups excluding carboxylic acids is 1. The fraction of sp³-hybridized carbons (Fsp3) is 0.571. The van der Waals surface area contributed by atoms with Crippen LogP contribution in [0.4, 0.5) is 10.5 Å². The minimum Gasteiger partial charge on any atom is -0.474 e. The van der Waals surface area contributed by atoms with Crippen molar-refractivity contribution < 1.29 is 18.5 Å². The van der Waals surface area contributed by atoms with Gasteiger partial charge in [-0.15, -0.1) is 4.36 Å². The molecule has 2 atom stereocenters. The normalized spacial score (nSPS) is 20.2. The van der Waals surface area contributed by atoms with Crippen molar-refractivity contribution >= 4 is 27.5 Å². The number of aryl methyl sites for hydroxylation is 1. The van der Waals surface area contributed by atoms with Gasteiger partial charge in [-0.1, -0.05) is 13.8 Å². The molecule has 1 aromatic rings. The van der Waals surface area contributed by atoms with Crippen LogP contribution >= 0.6 is 0 Å². The number of ether oxygens (including phenoxy) is 2. The predicted molar refractivity (Wildman–Crippen MR) is 125 cm³/mol. The number of nitrogens with two attached hydrogens (primary N) is 2. The van der Waals surface area contributed by atoms with Crippen LogP contribution in [-0.2, 0) is 32.2 Å². The lowest BCUT2D eigenvalue weighted by molar-refractivity contribution is 0.0223. The highest BCUT2D eigenvalue weighted by atomic mass is 32.2. The van der Waals surface area contributed by atoms with Gasteiger partial charge in [-0.2, -0.15) is 0 Å². The van der Waals surface area contributed by atoms with Gasteiger partial charge in [-0.05, 0) is 50.2 Å². The van der Waals surface area contributed by atoms with Crippen molar-refractivity contribution in [2.45, 2.75) is 59.0 Å². The number of nitrogens with zero attached hydrogens (tertiary/aromatic N) is 3. The molecule has 0 radical (unpaired) electrons. The molecule has 0 bridgehead atoms. The third-order valence-electron chi connectivity index (χ3n) is 5.43. The zero-order valence-electron chi connectivity index (χ0n) is 19.0. The molecule has 11 heteroatoms. The van der Waals surface area contributed by atoms with Crippen LogP contribution in [0.3, 0.4) is 0 Å². The van der Waals surface area contributed by atoms with Crippen LogP contribution in [0.1, 0.15) is 55.6 Å². The molecule has 2 heterocycles. The minimum atomic E-state index is -3.69. The summed E-state index contributed by atoms with van der Waals surface area (Å²) in [6, 6.07) is -0.821. The van der Waals surface area contributed by atoms with Gasteiger partial charge in [0.15, 0.2) is 9.92 Å². The number of rotatable bonds is 6. The number of hydrogen-bond donors (Lipinski definition) is 3. The molecule has 3 rings (SSSR count). The molecule has 0 saturated heterocycles. The van der Waals surface area contributed by atoms with E-state index in [0.717, 1.165) is 48.0 Å². The standard InChI is InChI=1S/C21H32N6O4S/c1-5-30-14-10-24-20(31-11-14)17(9-22)32(23,29)27-21(28)26-19-13(4)18(12(2)3)25-16-8-6-7-15(16)19/h9,12,14H,5-8,10-11,22H2,1-4H3,(H3,23,25,26,27,28,29)/b17-9+. The SMILES string of the molecule is CCOC1CN=C(/C(=C\N)S(N)(=O)=NC(=O)Nc2c(C)c(C(C)C)nc3c2CCC3)OC1. The quantitative estimate of drug-likeness (QED) is 0.587. The highest BCUT2D eigenvalue weighted by Gasteiger charge is 2.27. The van der Waals surface area contributed by atoms with E-state index in [1.807, 2.05) is 13.8 Å². The van der Waals surface area contributed by atoms with Gasteiger partial charge < -0.3 is 20.5 Å². The van der Waals surface area contributed by atoms with Gasteiger partial charge in [0.1, 0.15) is 17.6 Å². The van der Waals surface area contributed by atoms with Crippen LogP contribution in [0.25, 0.3) is 0 Å². The molecule has 0 spiro atoms. The number of aromatic nitrogens is 1. The number of hydrogen-bond acceptors (Lipinski definition) is 7. The van der Waals surface area contributed by atoms with Crippen molar-refractivity contribution in [1.82, 2.24) is 4.98 Å². The second-order valence-electron chi connectivity index (χ2n) is 8.09. The van der Waals surface area contributed by atoms with Crippen molar-refractivity contribution in [3.05, 3.63) is 33.6 Å². The van der Waals surface area contributed by atoms with Crippen molar-refractivity contribution in [3.8, 4) is 0 Å². The predicted octanol–water partition coefficient (Wildman–Crippen LogP) is 2.51. The van der Waals surface area contributed by atoms with Crippen molar-refractivity contribution in [2.24, 2.45) is 20.2 Å². The first-order chi connectivity index (χ1) is 15.2. The van der Waals surface area contributed by atoms with E-state index in [1.54, 1.807) is 0 Å². The Hall–Kier alpha value is -2.50. The molecule has 32 heavy (non-hydrogen) atoms. The van der Waals surface area contributed by atoms with Gasteiger partial charge in [0.25, 0.3) is 0 Å². The Morgan fingerprint density at radius 1 is 1.44 bits per heavy atom. The first-order valence-electron chi connectivity index (χ1n) is 10.8. The van der Waals surface area contributed by atoms with Crippen molar-refractivity contribution in [3.63, 3.8) is 0 Å². The molecule has 2 unspecified atom stereocenters. The highest BCUT2D eigenvalue weighted by molar-refractivity contribution is 7.96. The molecule has 176 valence electrons. The van der Waals surface area contributed by atoms with Crippen LogP contribution < -0.4 is 16.2 Å². The van der Waals surface area contributed by atoms with E-state index < -0.39 is 15.9 Å². The summed E-state index contributed by atoms with van der Waals surface area (Å²) >= 11 is 0. The Bertz CT molecular complexity index is 1070. The molecule has 10 nitrogen and oxygen atoms in total. The molecule has 1 aliphatic carbocycles. The molecule has 0 aromatic carbocycles. The van der Waals surface area contributed by atoms with Crippen LogP contribution in [0.5, 0.6) is 0 Å². The maximum absolute atomic E-state index is 13.1. The van der Waals surface area contributed by atoms with E-state index in [1.165, 1.54) is 0 Å². The second-order valence-corrected chi connectivity index (χ2v) is 9.85. The molecular weight excluding hydrogens is 432 g/mol. The summed E-state index contributed by atoms with van der Waals surface area (Å²) in [7, 11) is -3.69. The minimum absolute atomic E-state index is 0.00980. The van der Waals surface area contributed by atoms with Gasteiger partial charge in [0, 0.05) is 24.2 Å². The third kappa shape index (κ3) is 5.11. The summed E-state index contributed by atoms with van der Waals surface area (Å²) < 4.78 is 27.8. The lowest BCUT2D eigenvalue weighted by atomic mass is 9.99. The van der Waals surface area contributed by atoms with Gasteiger partial charge in [-0.3, -0.25) is 4.98 Å². The Kier molecular flexibility index (Phi) is 7.52. The summed E-state index contributed by atoms with van der Waals surface area (Å²) in [6.45, 7) is 8.95. The Labute approximate surface area is 189 Å². The number of pyridine rings is 1. The summed E-state index contributed by atoms with van der Waals surface area (Å²) in [6.07, 6.45) is 3.46. The van der Waals surface area contributed by atoms with Gasteiger partial charge in [0.05, 0.1) is 12.2 Å². The number of carbonyl (C=O) groups is 1. The maximum atomic E-state index is 13.1. The van der Waals surface area contributed by atoms with Crippen LogP contribution in [0.15, 0.2) is 20.5 Å². The molecule has 5 N–H and O–H groups in total. The molecule has 0 fully saturated rings. The number of fused-ring (bicyclic) bond motifs is 1. The van der Waals surface area contributed by atoms with Crippen LogP contribution in [-0.4, -0.2) is 47.0 Å². The fourth-order valence-corrected chi connectivity index (χ4v) is 4.93. The lowest BCUT2D eigenvalue weighted by Crippen LogP contribution is -2.34. The largest absolute Gasteiger partial charge is 0.474 e. The van der Waals surface area contributed by atoms with E-state index in [4.69, 9.17) is 25.3 Å². The Balaban J connectivity index is 1.87. The molecule has 2 aliphatic rings. The van der Waals surface area contributed by atoms with E-state index >= 15 is 0 Å². The molecular formula is C21H32N6O4S. The van der Waals surface area contributed by atoms with Gasteiger partial charge in [-0.25, -0.2) is 19.1 Å². The third-order valence-corrected chi connectivity index (χ3v) is 6.80. The maximum Gasteiger partial charge on any atom is 0.354 e. The molecule has 0 saturated carbocycles. The second kappa shape index (κ2) is 9.97. The van der Waals surface area contributed by atoms with E-state index in [-0.39, 0.29) is 29.4 Å². The zero-order chi connectivity index (χ0) is 23.5. The smallest absolute Gasteiger partial charge is 0.354 e. The molecule has 1 aliphatic heterocycles. The summed E-state index contributed by atoms with van der Waals surface area (Å²) in [5.41, 5.74) is 10.1. The molecule has 1 aromatic heterocycles. The van der Waals surface area contributed by atoms with E-state index in [9.17, 15) is 9.00 Å². The Morgan fingerprint density at radius 2 is 2.19 bits per heavy atom. The van der Waals surface area contributed by atoms with Crippen molar-refractivity contribution in [2.75, 3.05) is 25.1 Å².